The van der Waals surface area contributed by atoms with E-state index in [1.807, 2.05) is 0 Å². The van der Waals surface area contributed by atoms with Crippen LogP contribution in [0.2, 0.25) is 0 Å². The van der Waals surface area contributed by atoms with E-state index < -0.39 is 17.9 Å². The fourth-order valence-corrected chi connectivity index (χ4v) is 2.00. The van der Waals surface area contributed by atoms with Gasteiger partial charge in [-0.3, -0.25) is 0 Å². The molecule has 1 aliphatic rings. The second kappa shape index (κ2) is 4.76. The lowest BCUT2D eigenvalue weighted by Gasteiger charge is -2.32. The van der Waals surface area contributed by atoms with Gasteiger partial charge in [-0.15, -0.1) is 0 Å². The molecule has 0 amide bonds. The van der Waals surface area contributed by atoms with Gasteiger partial charge in [0.25, 0.3) is 0 Å². The van der Waals surface area contributed by atoms with E-state index in [1.54, 1.807) is 29.2 Å². The fourth-order valence-electron chi connectivity index (χ4n) is 2.00. The lowest BCUT2D eigenvalue weighted by molar-refractivity contribution is -0.144. The van der Waals surface area contributed by atoms with Gasteiger partial charge in [0.15, 0.2) is 5.82 Å². The third kappa shape index (κ3) is 2.13. The maximum atomic E-state index is 12.9. The van der Waals surface area contributed by atoms with Crippen molar-refractivity contribution in [3.05, 3.63) is 42.5 Å². The zero-order chi connectivity index (χ0) is 14.1. The molecule has 2 heterocycles. The van der Waals surface area contributed by atoms with Crippen LogP contribution in [0.3, 0.4) is 0 Å². The number of aromatic nitrogens is 2. The number of rotatable bonds is 2. The van der Waals surface area contributed by atoms with Crippen LogP contribution in [0.15, 0.2) is 36.7 Å². The van der Waals surface area contributed by atoms with Gasteiger partial charge in [0.1, 0.15) is 5.75 Å². The third-order valence-corrected chi connectivity index (χ3v) is 2.90. The van der Waals surface area contributed by atoms with Crippen molar-refractivity contribution < 1.29 is 19.0 Å². The van der Waals surface area contributed by atoms with Crippen LogP contribution in [0.5, 0.6) is 5.75 Å². The van der Waals surface area contributed by atoms with Crippen LogP contribution >= 0.6 is 0 Å². The predicted molar refractivity (Wildman–Crippen MR) is 67.5 cm³/mol. The lowest BCUT2D eigenvalue weighted by Crippen LogP contribution is -2.42. The van der Waals surface area contributed by atoms with Crippen LogP contribution < -0.4 is 9.64 Å². The molecule has 1 aromatic heterocycles. The highest BCUT2D eigenvalue weighted by atomic mass is 19.1. The molecule has 1 N–H and O–H groups in total. The minimum absolute atomic E-state index is 0.0536. The van der Waals surface area contributed by atoms with Crippen LogP contribution in [0.25, 0.3) is 0 Å². The Hall–Kier alpha value is -2.70. The number of hydrogen-bond acceptors (Lipinski definition) is 5. The van der Waals surface area contributed by atoms with E-state index in [1.165, 1.54) is 0 Å². The van der Waals surface area contributed by atoms with E-state index in [9.17, 15) is 9.18 Å². The first-order valence-electron chi connectivity index (χ1n) is 5.89. The average Bonchev–Trinajstić information content (AvgIpc) is 2.47. The number of fused-ring (bicyclic) bond motifs is 1. The van der Waals surface area contributed by atoms with Crippen molar-refractivity contribution in [1.29, 1.82) is 0 Å². The zero-order valence-corrected chi connectivity index (χ0v) is 10.2. The maximum Gasteiger partial charge on any atom is 0.346 e. The number of para-hydroxylation sites is 2. The number of anilines is 2. The highest BCUT2D eigenvalue weighted by molar-refractivity contribution is 5.78. The van der Waals surface area contributed by atoms with Crippen LogP contribution in [0.1, 0.15) is 0 Å². The Kier molecular flexibility index (Phi) is 2.94. The topological polar surface area (TPSA) is 75.5 Å². The Morgan fingerprint density at radius 3 is 2.75 bits per heavy atom. The largest absolute Gasteiger partial charge is 0.478 e. The fraction of sp³-hybridized carbons (Fsp3) is 0.154. The number of carboxylic acid groups (broad SMARTS) is 1. The maximum absolute atomic E-state index is 12.9. The predicted octanol–water partition coefficient (Wildman–Crippen LogP) is 1.60. The summed E-state index contributed by atoms with van der Waals surface area (Å²) in [6.07, 6.45) is 1.05. The molecule has 1 aliphatic heterocycles. The molecule has 7 heteroatoms. The van der Waals surface area contributed by atoms with Gasteiger partial charge in [-0.05, 0) is 12.1 Å². The molecule has 1 unspecified atom stereocenters. The van der Waals surface area contributed by atoms with Gasteiger partial charge in [-0.25, -0.2) is 19.2 Å². The number of ether oxygens (including phenoxy) is 1. The Morgan fingerprint density at radius 2 is 2.05 bits per heavy atom. The van der Waals surface area contributed by atoms with E-state index in [0.29, 0.717) is 11.4 Å². The number of benzene rings is 1. The summed E-state index contributed by atoms with van der Waals surface area (Å²) in [4.78, 5) is 20.5. The molecule has 0 spiro atoms. The number of hydrogen-bond donors (Lipinski definition) is 1. The van der Waals surface area contributed by atoms with Crippen molar-refractivity contribution in [2.24, 2.45) is 0 Å². The van der Waals surface area contributed by atoms with Gasteiger partial charge in [0, 0.05) is 0 Å². The van der Waals surface area contributed by atoms with Crippen molar-refractivity contribution in [2.45, 2.75) is 6.10 Å². The highest BCUT2D eigenvalue weighted by Gasteiger charge is 2.32. The second-order valence-corrected chi connectivity index (χ2v) is 4.22. The van der Waals surface area contributed by atoms with E-state index in [2.05, 4.69) is 9.97 Å². The second-order valence-electron chi connectivity index (χ2n) is 4.22. The van der Waals surface area contributed by atoms with Crippen LogP contribution in [-0.2, 0) is 4.79 Å². The van der Waals surface area contributed by atoms with Crippen LogP contribution in [0.4, 0.5) is 16.0 Å². The summed E-state index contributed by atoms with van der Waals surface area (Å²) >= 11 is 0. The van der Waals surface area contributed by atoms with Crippen LogP contribution in [-0.4, -0.2) is 33.7 Å². The first-order valence-corrected chi connectivity index (χ1v) is 5.89. The molecule has 102 valence electrons. The Bertz CT molecular complexity index is 648. The Balaban J connectivity index is 2.04. The number of nitrogens with zero attached hydrogens (tertiary/aromatic N) is 3. The van der Waals surface area contributed by atoms with Gasteiger partial charge in [0.2, 0.25) is 12.1 Å². The van der Waals surface area contributed by atoms with Gasteiger partial charge >= 0.3 is 5.97 Å². The van der Waals surface area contributed by atoms with Crippen molar-refractivity contribution in [1.82, 2.24) is 9.97 Å². The summed E-state index contributed by atoms with van der Waals surface area (Å²) in [6.45, 7) is 0.0536. The minimum atomic E-state index is -1.08. The normalized spacial score (nSPS) is 17.2. The van der Waals surface area contributed by atoms with Crippen molar-refractivity contribution in [3.63, 3.8) is 0 Å². The summed E-state index contributed by atoms with van der Waals surface area (Å²) < 4.78 is 18.3. The molecule has 20 heavy (non-hydrogen) atoms. The van der Waals surface area contributed by atoms with Crippen molar-refractivity contribution in [3.8, 4) is 5.75 Å². The minimum Gasteiger partial charge on any atom is -0.478 e. The smallest absolute Gasteiger partial charge is 0.346 e. The van der Waals surface area contributed by atoms with E-state index in [-0.39, 0.29) is 12.5 Å². The first kappa shape index (κ1) is 12.3. The number of carbonyl (C=O) groups is 1. The van der Waals surface area contributed by atoms with Gasteiger partial charge < -0.3 is 14.7 Å². The molecule has 2 aromatic rings. The Labute approximate surface area is 113 Å². The first-order chi connectivity index (χ1) is 9.65. The molecule has 3 rings (SSSR count). The van der Waals surface area contributed by atoms with Crippen molar-refractivity contribution >= 4 is 17.6 Å². The molecular weight excluding hydrogens is 265 g/mol. The number of aliphatic carboxylic acids is 1. The van der Waals surface area contributed by atoms with Gasteiger partial charge in [-0.2, -0.15) is 0 Å². The number of halogens is 1. The van der Waals surface area contributed by atoms with E-state index in [4.69, 9.17) is 9.84 Å². The van der Waals surface area contributed by atoms with Gasteiger partial charge in [0.05, 0.1) is 24.6 Å². The molecule has 0 saturated carbocycles. The standard InChI is InChI=1S/C13H10FN3O3/c14-8-5-15-13(16-6-8)17-7-11(12(18)19)20-10-4-2-1-3-9(10)17/h1-6,11H,7H2,(H,18,19). The quantitative estimate of drug-likeness (QED) is 0.897. The Morgan fingerprint density at radius 1 is 1.35 bits per heavy atom. The summed E-state index contributed by atoms with van der Waals surface area (Å²) in [5.74, 6) is -0.968. The monoisotopic (exact) mass is 275 g/mol. The van der Waals surface area contributed by atoms with E-state index >= 15 is 0 Å². The number of carboxylic acids is 1. The summed E-state index contributed by atoms with van der Waals surface area (Å²) in [6, 6.07) is 6.97. The summed E-state index contributed by atoms with van der Waals surface area (Å²) in [5.41, 5.74) is 0.650. The summed E-state index contributed by atoms with van der Waals surface area (Å²) in [5, 5.41) is 9.12. The average molecular weight is 275 g/mol. The molecule has 0 fully saturated rings. The molecule has 0 saturated heterocycles. The van der Waals surface area contributed by atoms with Gasteiger partial charge in [-0.1, -0.05) is 12.1 Å². The lowest BCUT2D eigenvalue weighted by atomic mass is 10.2. The molecule has 0 bridgehead atoms. The highest BCUT2D eigenvalue weighted by Crippen LogP contribution is 2.36. The molecule has 0 radical (unpaired) electrons. The van der Waals surface area contributed by atoms with E-state index in [0.717, 1.165) is 12.4 Å². The van der Waals surface area contributed by atoms with Crippen LogP contribution in [0, 0.1) is 5.82 Å². The molecule has 1 aromatic carbocycles. The third-order valence-electron chi connectivity index (χ3n) is 2.90. The zero-order valence-electron chi connectivity index (χ0n) is 10.2. The molecule has 0 aliphatic carbocycles. The SMILES string of the molecule is O=C(O)C1CN(c2ncc(F)cn2)c2ccccc2O1. The molecule has 1 atom stereocenters. The van der Waals surface area contributed by atoms with Crippen molar-refractivity contribution in [2.75, 3.05) is 11.4 Å². The molecule has 6 nitrogen and oxygen atoms in total. The molecular formula is C13H10FN3O3. The summed E-state index contributed by atoms with van der Waals surface area (Å²) in [7, 11) is 0.